The highest BCUT2D eigenvalue weighted by Crippen LogP contribution is 2.23. The van der Waals surface area contributed by atoms with Crippen molar-refractivity contribution in [3.8, 4) is 0 Å². The summed E-state index contributed by atoms with van der Waals surface area (Å²) in [6, 6.07) is 1.29. The Morgan fingerprint density at radius 1 is 1.67 bits per heavy atom. The summed E-state index contributed by atoms with van der Waals surface area (Å²) >= 11 is 1.84. The molecular formula is C9H8F2INO2. The molecule has 0 aliphatic carbocycles. The lowest BCUT2D eigenvalue weighted by Crippen LogP contribution is -2.09. The quantitative estimate of drug-likeness (QED) is 0.487. The van der Waals surface area contributed by atoms with E-state index in [1.165, 1.54) is 6.07 Å². The van der Waals surface area contributed by atoms with Gasteiger partial charge < -0.3 is 4.74 Å². The summed E-state index contributed by atoms with van der Waals surface area (Å²) in [6.45, 7) is 1.77. The minimum atomic E-state index is -2.73. The lowest BCUT2D eigenvalue weighted by atomic mass is 10.1. The summed E-state index contributed by atoms with van der Waals surface area (Å²) < 4.78 is 30.2. The molecule has 0 saturated carbocycles. The molecule has 0 N–H and O–H groups in total. The summed E-state index contributed by atoms with van der Waals surface area (Å²) in [4.78, 5) is 15.0. The first kappa shape index (κ1) is 12.3. The van der Waals surface area contributed by atoms with Gasteiger partial charge in [0.25, 0.3) is 6.43 Å². The van der Waals surface area contributed by atoms with Crippen LogP contribution in [0.1, 0.15) is 29.3 Å². The van der Waals surface area contributed by atoms with Crippen molar-refractivity contribution in [1.29, 1.82) is 0 Å². The van der Waals surface area contributed by atoms with Crippen molar-refractivity contribution in [3.63, 3.8) is 0 Å². The first-order valence-corrected chi connectivity index (χ1v) is 5.24. The van der Waals surface area contributed by atoms with E-state index in [4.69, 9.17) is 0 Å². The van der Waals surface area contributed by atoms with Crippen LogP contribution in [0.25, 0.3) is 0 Å². The topological polar surface area (TPSA) is 39.2 Å². The Balaban J connectivity index is 3.12. The molecular weight excluding hydrogens is 319 g/mol. The van der Waals surface area contributed by atoms with Crippen molar-refractivity contribution >= 4 is 28.6 Å². The van der Waals surface area contributed by atoms with Gasteiger partial charge in [0.1, 0.15) is 3.70 Å². The average molecular weight is 327 g/mol. The maximum Gasteiger partial charge on any atom is 0.338 e. The molecule has 0 bridgehead atoms. The molecule has 0 aliphatic rings. The Morgan fingerprint density at radius 3 is 2.87 bits per heavy atom. The van der Waals surface area contributed by atoms with Crippen LogP contribution in [0.4, 0.5) is 8.78 Å². The number of rotatable bonds is 3. The van der Waals surface area contributed by atoms with Crippen LogP contribution in [0.2, 0.25) is 0 Å². The molecule has 1 aromatic heterocycles. The number of esters is 1. The highest BCUT2D eigenvalue weighted by Gasteiger charge is 2.20. The van der Waals surface area contributed by atoms with E-state index >= 15 is 0 Å². The molecule has 0 saturated heterocycles. The predicted octanol–water partition coefficient (Wildman–Crippen LogP) is 2.80. The van der Waals surface area contributed by atoms with Crippen LogP contribution in [-0.2, 0) is 4.74 Å². The third-order valence-corrected chi connectivity index (χ3v) is 2.22. The van der Waals surface area contributed by atoms with E-state index < -0.39 is 18.0 Å². The smallest absolute Gasteiger partial charge is 0.338 e. The lowest BCUT2D eigenvalue weighted by Gasteiger charge is -2.07. The maximum atomic E-state index is 12.5. The number of nitrogens with zero attached hydrogens (tertiary/aromatic N) is 1. The number of aromatic nitrogens is 1. The van der Waals surface area contributed by atoms with Gasteiger partial charge in [0.15, 0.2) is 0 Å². The fourth-order valence-corrected chi connectivity index (χ4v) is 1.45. The monoisotopic (exact) mass is 327 g/mol. The molecule has 0 aromatic carbocycles. The molecule has 0 radical (unpaired) electrons. The van der Waals surface area contributed by atoms with Gasteiger partial charge in [-0.1, -0.05) is 0 Å². The van der Waals surface area contributed by atoms with E-state index in [9.17, 15) is 13.6 Å². The number of hydrogen-bond donors (Lipinski definition) is 0. The number of pyridine rings is 1. The van der Waals surface area contributed by atoms with Crippen LogP contribution in [0, 0.1) is 3.70 Å². The van der Waals surface area contributed by atoms with Gasteiger partial charge in [-0.25, -0.2) is 18.6 Å². The standard InChI is InChI=1S/C9H8F2INO2/c1-2-15-9(14)5-3-7(12)13-4-6(5)8(10)11/h3-4,8H,2H2,1H3. The SMILES string of the molecule is CCOC(=O)c1cc(I)ncc1C(F)F. The van der Waals surface area contributed by atoms with Gasteiger partial charge in [0, 0.05) is 6.20 Å². The average Bonchev–Trinajstić information content (AvgIpc) is 2.17. The van der Waals surface area contributed by atoms with Crippen molar-refractivity contribution in [2.45, 2.75) is 13.3 Å². The predicted molar refractivity (Wildman–Crippen MR) is 57.9 cm³/mol. The number of carbonyl (C=O) groups is 1. The molecule has 15 heavy (non-hydrogen) atoms. The van der Waals surface area contributed by atoms with Gasteiger partial charge in [0.05, 0.1) is 17.7 Å². The van der Waals surface area contributed by atoms with E-state index in [0.29, 0.717) is 3.70 Å². The third kappa shape index (κ3) is 3.08. The lowest BCUT2D eigenvalue weighted by molar-refractivity contribution is 0.0515. The molecule has 82 valence electrons. The first-order valence-electron chi connectivity index (χ1n) is 4.17. The van der Waals surface area contributed by atoms with Gasteiger partial charge in [-0.05, 0) is 35.6 Å². The fourth-order valence-electron chi connectivity index (χ4n) is 1.000. The summed E-state index contributed by atoms with van der Waals surface area (Å²) in [7, 11) is 0. The van der Waals surface area contributed by atoms with Crippen molar-refractivity contribution in [3.05, 3.63) is 27.1 Å². The summed E-state index contributed by atoms with van der Waals surface area (Å²) in [5.74, 6) is -0.742. The first-order chi connectivity index (χ1) is 7.06. The van der Waals surface area contributed by atoms with E-state index in [0.717, 1.165) is 6.20 Å². The molecule has 0 amide bonds. The molecule has 0 unspecified atom stereocenters. The van der Waals surface area contributed by atoms with Crippen LogP contribution in [-0.4, -0.2) is 17.6 Å². The van der Waals surface area contributed by atoms with E-state index in [2.05, 4.69) is 9.72 Å². The Bertz CT molecular complexity index is 371. The molecule has 0 spiro atoms. The molecule has 0 fully saturated rings. The molecule has 6 heteroatoms. The molecule has 1 heterocycles. The van der Waals surface area contributed by atoms with Crippen molar-refractivity contribution < 1.29 is 18.3 Å². The van der Waals surface area contributed by atoms with Crippen LogP contribution in [0.5, 0.6) is 0 Å². The molecule has 1 aromatic rings. The Hall–Kier alpha value is -0.790. The Kier molecular flexibility index (Phi) is 4.37. The zero-order valence-corrected chi connectivity index (χ0v) is 9.99. The number of alkyl halides is 2. The highest BCUT2D eigenvalue weighted by molar-refractivity contribution is 14.1. The maximum absolute atomic E-state index is 12.5. The van der Waals surface area contributed by atoms with Gasteiger partial charge in [-0.15, -0.1) is 0 Å². The second-order valence-corrected chi connectivity index (χ2v) is 3.72. The Labute approximate surface area is 99.0 Å². The zero-order chi connectivity index (χ0) is 11.4. The third-order valence-electron chi connectivity index (χ3n) is 1.63. The van der Waals surface area contributed by atoms with Gasteiger partial charge in [0.2, 0.25) is 0 Å². The zero-order valence-electron chi connectivity index (χ0n) is 7.84. The van der Waals surface area contributed by atoms with Crippen LogP contribution < -0.4 is 0 Å². The van der Waals surface area contributed by atoms with Crippen LogP contribution >= 0.6 is 22.6 Å². The minimum Gasteiger partial charge on any atom is -0.462 e. The fraction of sp³-hybridized carbons (Fsp3) is 0.333. The number of carbonyl (C=O) groups excluding carboxylic acids is 1. The van der Waals surface area contributed by atoms with E-state index in [-0.39, 0.29) is 12.2 Å². The molecule has 0 aliphatic heterocycles. The largest absolute Gasteiger partial charge is 0.462 e. The molecule has 1 rings (SSSR count). The van der Waals surface area contributed by atoms with Gasteiger partial charge in [-0.2, -0.15) is 0 Å². The second-order valence-electron chi connectivity index (χ2n) is 2.62. The summed E-state index contributed by atoms with van der Waals surface area (Å²) in [6.07, 6.45) is -1.73. The van der Waals surface area contributed by atoms with E-state index in [1.807, 2.05) is 22.6 Å². The van der Waals surface area contributed by atoms with Crippen molar-refractivity contribution in [2.24, 2.45) is 0 Å². The van der Waals surface area contributed by atoms with Crippen LogP contribution in [0.15, 0.2) is 12.3 Å². The minimum absolute atomic E-state index is 0.119. The normalized spacial score (nSPS) is 10.5. The number of hydrogen-bond acceptors (Lipinski definition) is 3. The van der Waals surface area contributed by atoms with Gasteiger partial charge in [-0.3, -0.25) is 0 Å². The highest BCUT2D eigenvalue weighted by atomic mass is 127. The molecule has 3 nitrogen and oxygen atoms in total. The second kappa shape index (κ2) is 5.34. The van der Waals surface area contributed by atoms with E-state index in [1.54, 1.807) is 6.92 Å². The summed E-state index contributed by atoms with van der Waals surface area (Å²) in [5.41, 5.74) is -0.514. The molecule has 0 atom stereocenters. The van der Waals surface area contributed by atoms with Crippen LogP contribution in [0.3, 0.4) is 0 Å². The number of ether oxygens (including phenoxy) is 1. The van der Waals surface area contributed by atoms with Crippen molar-refractivity contribution in [1.82, 2.24) is 4.98 Å². The Morgan fingerprint density at radius 2 is 2.33 bits per heavy atom. The number of halogens is 3. The van der Waals surface area contributed by atoms with Crippen molar-refractivity contribution in [2.75, 3.05) is 6.61 Å². The summed E-state index contributed by atoms with van der Waals surface area (Å²) in [5, 5.41) is 0. The van der Waals surface area contributed by atoms with Gasteiger partial charge >= 0.3 is 5.97 Å².